The number of carbonyl (C=O) groups excluding carboxylic acids is 3. The van der Waals surface area contributed by atoms with E-state index in [1.54, 1.807) is 17.2 Å². The minimum atomic E-state index is -0.375. The van der Waals surface area contributed by atoms with Gasteiger partial charge < -0.3 is 21.3 Å². The van der Waals surface area contributed by atoms with Gasteiger partial charge in [-0.15, -0.1) is 24.8 Å². The van der Waals surface area contributed by atoms with Gasteiger partial charge in [-0.25, -0.2) is 4.98 Å². The standard InChI is InChI=1S/C16H23N5O3.2ClH/c1-11-4-5-13(18-8-11)20-16(24)12-3-2-6-21(10-12)15(23)9-19-14(22)7-17;;/h4-5,8,12H,2-3,6-7,9-10,17H2,1H3,(H,19,22)(H,18,20,24);2*1H. The Balaban J connectivity index is 0.00000312. The smallest absolute Gasteiger partial charge is 0.241 e. The van der Waals surface area contributed by atoms with Crippen molar-refractivity contribution >= 4 is 48.4 Å². The van der Waals surface area contributed by atoms with Crippen LogP contribution in [0.1, 0.15) is 18.4 Å². The second-order valence-corrected chi connectivity index (χ2v) is 5.87. The summed E-state index contributed by atoms with van der Waals surface area (Å²) < 4.78 is 0. The SMILES string of the molecule is Cc1ccc(NC(=O)C2CCCN(C(=O)CNC(=O)CN)C2)nc1.Cl.Cl. The van der Waals surface area contributed by atoms with Gasteiger partial charge in [0.1, 0.15) is 5.82 Å². The van der Waals surface area contributed by atoms with Gasteiger partial charge in [0.25, 0.3) is 0 Å². The lowest BCUT2D eigenvalue weighted by Crippen LogP contribution is -2.48. The van der Waals surface area contributed by atoms with Crippen LogP contribution in [0.25, 0.3) is 0 Å². The highest BCUT2D eigenvalue weighted by Crippen LogP contribution is 2.18. The molecular formula is C16H25Cl2N5O3. The molecule has 2 heterocycles. The van der Waals surface area contributed by atoms with Crippen molar-refractivity contribution in [2.45, 2.75) is 19.8 Å². The Labute approximate surface area is 165 Å². The van der Waals surface area contributed by atoms with Crippen LogP contribution in [0.2, 0.25) is 0 Å². The normalized spacial score (nSPS) is 15.9. The molecule has 0 spiro atoms. The van der Waals surface area contributed by atoms with Crippen LogP contribution in [-0.4, -0.2) is 53.8 Å². The summed E-state index contributed by atoms with van der Waals surface area (Å²) in [4.78, 5) is 41.3. The topological polar surface area (TPSA) is 117 Å². The number of nitrogens with two attached hydrogens (primary N) is 1. The van der Waals surface area contributed by atoms with E-state index < -0.39 is 0 Å². The zero-order valence-electron chi connectivity index (χ0n) is 14.6. The number of aryl methyl sites for hydroxylation is 1. The zero-order chi connectivity index (χ0) is 17.5. The van der Waals surface area contributed by atoms with Crippen molar-refractivity contribution in [1.29, 1.82) is 0 Å². The molecule has 1 unspecified atom stereocenters. The predicted molar refractivity (Wildman–Crippen MR) is 103 cm³/mol. The second kappa shape index (κ2) is 11.7. The first-order valence-corrected chi connectivity index (χ1v) is 7.97. The first-order valence-electron chi connectivity index (χ1n) is 7.97. The van der Waals surface area contributed by atoms with Gasteiger partial charge >= 0.3 is 0 Å². The van der Waals surface area contributed by atoms with Gasteiger partial charge in [0.2, 0.25) is 17.7 Å². The Hall–Kier alpha value is -1.90. The molecule has 146 valence electrons. The number of piperidine rings is 1. The molecule has 0 saturated carbocycles. The number of pyridine rings is 1. The highest BCUT2D eigenvalue weighted by molar-refractivity contribution is 5.92. The molecule has 1 fully saturated rings. The first-order chi connectivity index (χ1) is 11.5. The maximum atomic E-state index is 12.4. The van der Waals surface area contributed by atoms with Crippen molar-refractivity contribution in [2.24, 2.45) is 11.7 Å². The van der Waals surface area contributed by atoms with Crippen molar-refractivity contribution in [2.75, 3.05) is 31.5 Å². The van der Waals surface area contributed by atoms with E-state index >= 15 is 0 Å². The van der Waals surface area contributed by atoms with E-state index in [-0.39, 0.29) is 61.5 Å². The van der Waals surface area contributed by atoms with E-state index in [1.165, 1.54) is 0 Å². The molecule has 4 N–H and O–H groups in total. The molecule has 26 heavy (non-hydrogen) atoms. The summed E-state index contributed by atoms with van der Waals surface area (Å²) in [7, 11) is 0. The van der Waals surface area contributed by atoms with E-state index in [1.807, 2.05) is 13.0 Å². The minimum absolute atomic E-state index is 0. The Bertz CT molecular complexity index is 612. The van der Waals surface area contributed by atoms with E-state index in [0.717, 1.165) is 18.4 Å². The third-order valence-electron chi connectivity index (χ3n) is 3.93. The van der Waals surface area contributed by atoms with Gasteiger partial charge in [-0.3, -0.25) is 14.4 Å². The number of likely N-dealkylation sites (tertiary alicyclic amines) is 1. The summed E-state index contributed by atoms with van der Waals surface area (Å²) in [5.41, 5.74) is 6.20. The molecule has 0 bridgehead atoms. The summed E-state index contributed by atoms with van der Waals surface area (Å²) >= 11 is 0. The number of hydrogen-bond acceptors (Lipinski definition) is 5. The molecule has 8 nitrogen and oxygen atoms in total. The molecule has 1 aliphatic heterocycles. The molecule has 2 rings (SSSR count). The Morgan fingerprint density at radius 3 is 2.65 bits per heavy atom. The average molecular weight is 406 g/mol. The highest BCUT2D eigenvalue weighted by Gasteiger charge is 2.28. The van der Waals surface area contributed by atoms with E-state index in [2.05, 4.69) is 15.6 Å². The number of hydrogen-bond donors (Lipinski definition) is 3. The van der Waals surface area contributed by atoms with Crippen LogP contribution in [0.15, 0.2) is 18.3 Å². The Kier molecular flexibility index (Phi) is 10.8. The largest absolute Gasteiger partial charge is 0.346 e. The number of carbonyl (C=O) groups is 3. The fraction of sp³-hybridized carbons (Fsp3) is 0.500. The zero-order valence-corrected chi connectivity index (χ0v) is 16.2. The first kappa shape index (κ1) is 24.1. The molecule has 0 radical (unpaired) electrons. The number of rotatable bonds is 5. The molecule has 1 aromatic heterocycles. The predicted octanol–water partition coefficient (Wildman–Crippen LogP) is 0.486. The average Bonchev–Trinajstić information content (AvgIpc) is 2.61. The third kappa shape index (κ3) is 7.15. The van der Waals surface area contributed by atoms with Gasteiger partial charge in [-0.1, -0.05) is 6.07 Å². The van der Waals surface area contributed by atoms with Gasteiger partial charge in [0.15, 0.2) is 0 Å². The van der Waals surface area contributed by atoms with Crippen molar-refractivity contribution < 1.29 is 14.4 Å². The van der Waals surface area contributed by atoms with Crippen LogP contribution < -0.4 is 16.4 Å². The summed E-state index contributed by atoms with van der Waals surface area (Å²) in [6.45, 7) is 2.61. The fourth-order valence-corrected chi connectivity index (χ4v) is 2.55. The molecule has 0 aliphatic carbocycles. The molecule has 1 atom stereocenters. The lowest BCUT2D eigenvalue weighted by molar-refractivity contribution is -0.135. The monoisotopic (exact) mass is 405 g/mol. The maximum Gasteiger partial charge on any atom is 0.241 e. The van der Waals surface area contributed by atoms with Gasteiger partial charge in [-0.2, -0.15) is 0 Å². The fourth-order valence-electron chi connectivity index (χ4n) is 2.55. The lowest BCUT2D eigenvalue weighted by Gasteiger charge is -2.32. The van der Waals surface area contributed by atoms with Crippen molar-refractivity contribution in [3.63, 3.8) is 0 Å². The van der Waals surface area contributed by atoms with Crippen molar-refractivity contribution in [1.82, 2.24) is 15.2 Å². The number of halogens is 2. The maximum absolute atomic E-state index is 12.4. The minimum Gasteiger partial charge on any atom is -0.346 e. The highest BCUT2D eigenvalue weighted by atomic mass is 35.5. The van der Waals surface area contributed by atoms with E-state index in [9.17, 15) is 14.4 Å². The summed E-state index contributed by atoms with van der Waals surface area (Å²) in [5.74, 6) is -0.502. The van der Waals surface area contributed by atoms with Crippen LogP contribution in [-0.2, 0) is 14.4 Å². The summed E-state index contributed by atoms with van der Waals surface area (Å²) in [5, 5.41) is 5.24. The quantitative estimate of drug-likeness (QED) is 0.658. The molecule has 1 saturated heterocycles. The summed E-state index contributed by atoms with van der Waals surface area (Å²) in [6.07, 6.45) is 3.15. The molecule has 1 aromatic rings. The number of aromatic nitrogens is 1. The van der Waals surface area contributed by atoms with Crippen molar-refractivity contribution in [3.05, 3.63) is 23.9 Å². The van der Waals surface area contributed by atoms with Crippen molar-refractivity contribution in [3.8, 4) is 0 Å². The molecule has 10 heteroatoms. The Morgan fingerprint density at radius 1 is 1.31 bits per heavy atom. The molecular weight excluding hydrogens is 381 g/mol. The molecule has 0 aromatic carbocycles. The van der Waals surface area contributed by atoms with Crippen LogP contribution in [0.3, 0.4) is 0 Å². The summed E-state index contributed by atoms with van der Waals surface area (Å²) in [6, 6.07) is 3.63. The molecule has 1 aliphatic rings. The van der Waals surface area contributed by atoms with Gasteiger partial charge in [-0.05, 0) is 31.4 Å². The van der Waals surface area contributed by atoms with E-state index in [0.29, 0.717) is 18.9 Å². The number of nitrogens with one attached hydrogen (secondary N) is 2. The third-order valence-corrected chi connectivity index (χ3v) is 3.93. The van der Waals surface area contributed by atoms with Crippen LogP contribution >= 0.6 is 24.8 Å². The van der Waals surface area contributed by atoms with Crippen LogP contribution in [0.4, 0.5) is 5.82 Å². The molecule has 3 amide bonds. The number of amides is 3. The van der Waals surface area contributed by atoms with Gasteiger partial charge in [0, 0.05) is 19.3 Å². The number of nitrogens with zero attached hydrogens (tertiary/aromatic N) is 2. The van der Waals surface area contributed by atoms with Crippen LogP contribution in [0, 0.1) is 12.8 Å². The van der Waals surface area contributed by atoms with Crippen LogP contribution in [0.5, 0.6) is 0 Å². The number of anilines is 1. The lowest BCUT2D eigenvalue weighted by atomic mass is 9.97. The Morgan fingerprint density at radius 2 is 2.04 bits per heavy atom. The van der Waals surface area contributed by atoms with E-state index in [4.69, 9.17) is 5.73 Å². The second-order valence-electron chi connectivity index (χ2n) is 5.87. The van der Waals surface area contributed by atoms with Gasteiger partial charge in [0.05, 0.1) is 19.0 Å².